The molecule has 0 aliphatic heterocycles. The summed E-state index contributed by atoms with van der Waals surface area (Å²) in [6.07, 6.45) is -4.47. The second-order valence-electron chi connectivity index (χ2n) is 4.58. The number of alkyl halides is 3. The highest BCUT2D eigenvalue weighted by molar-refractivity contribution is 7.60. The van der Waals surface area contributed by atoms with Crippen LogP contribution in [0.4, 0.5) is 18.9 Å². The predicted molar refractivity (Wildman–Crippen MR) is 80.7 cm³/mol. The van der Waals surface area contributed by atoms with Crippen LogP contribution in [0.3, 0.4) is 0 Å². The summed E-state index contributed by atoms with van der Waals surface area (Å²) >= 11 is 5.73. The van der Waals surface area contributed by atoms with Crippen LogP contribution in [-0.4, -0.2) is 6.66 Å². The molecule has 0 aliphatic rings. The highest BCUT2D eigenvalue weighted by Gasteiger charge is 2.31. The van der Waals surface area contributed by atoms with Crippen molar-refractivity contribution in [2.75, 3.05) is 11.8 Å². The maximum absolute atomic E-state index is 12.6. The van der Waals surface area contributed by atoms with Gasteiger partial charge in [0.15, 0.2) is 0 Å². The average molecular weight is 350 g/mol. The molecule has 0 saturated heterocycles. The molecule has 0 radical (unpaired) electrons. The molecule has 8 heteroatoms. The fourth-order valence-corrected chi connectivity index (χ4v) is 3.02. The van der Waals surface area contributed by atoms with Crippen molar-refractivity contribution in [3.63, 3.8) is 0 Å². The van der Waals surface area contributed by atoms with E-state index < -0.39 is 19.3 Å². The van der Waals surface area contributed by atoms with Crippen LogP contribution in [0.1, 0.15) is 5.56 Å². The van der Waals surface area contributed by atoms with Gasteiger partial charge >= 0.3 is 13.7 Å². The monoisotopic (exact) mass is 349 g/mol. The van der Waals surface area contributed by atoms with E-state index in [4.69, 9.17) is 16.1 Å². The predicted octanol–water partition coefficient (Wildman–Crippen LogP) is 5.67. The van der Waals surface area contributed by atoms with E-state index in [9.17, 15) is 17.7 Å². The van der Waals surface area contributed by atoms with Crippen molar-refractivity contribution in [1.29, 1.82) is 0 Å². The first-order chi connectivity index (χ1) is 10.2. The standard InChI is InChI=1S/C14H12ClF3NO2P/c1-22(20,21-13-7-5-11(15)6-8-13)19-12-4-2-3-10(9-12)14(16,17)18/h2-9H,1H3,(H,19,20). The zero-order chi connectivity index (χ0) is 16.4. The molecule has 22 heavy (non-hydrogen) atoms. The van der Waals surface area contributed by atoms with Crippen molar-refractivity contribution in [2.45, 2.75) is 6.18 Å². The van der Waals surface area contributed by atoms with E-state index in [0.717, 1.165) is 12.1 Å². The van der Waals surface area contributed by atoms with Gasteiger partial charge in [-0.05, 0) is 42.5 Å². The third kappa shape index (κ3) is 4.68. The van der Waals surface area contributed by atoms with Crippen molar-refractivity contribution in [3.8, 4) is 5.75 Å². The first-order valence-corrected chi connectivity index (χ1v) is 8.59. The summed E-state index contributed by atoms with van der Waals surface area (Å²) in [4.78, 5) is 0. The molecule has 0 aliphatic carbocycles. The lowest BCUT2D eigenvalue weighted by atomic mass is 10.2. The van der Waals surface area contributed by atoms with Crippen molar-refractivity contribution in [3.05, 3.63) is 59.1 Å². The van der Waals surface area contributed by atoms with E-state index in [2.05, 4.69) is 5.09 Å². The van der Waals surface area contributed by atoms with Gasteiger partial charge in [-0.25, -0.2) is 0 Å². The molecule has 2 rings (SSSR count). The van der Waals surface area contributed by atoms with Crippen LogP contribution in [-0.2, 0) is 10.7 Å². The Kier molecular flexibility index (Phi) is 4.73. The number of nitrogens with one attached hydrogen (secondary N) is 1. The molecule has 0 spiro atoms. The minimum absolute atomic E-state index is 0.0645. The number of halogens is 4. The van der Waals surface area contributed by atoms with Crippen LogP contribution in [0.15, 0.2) is 48.5 Å². The first kappa shape index (κ1) is 16.7. The Hall–Kier alpha value is -1.65. The Morgan fingerprint density at radius 1 is 1.14 bits per heavy atom. The van der Waals surface area contributed by atoms with E-state index in [1.807, 2.05) is 0 Å². The molecule has 2 aromatic rings. The molecule has 0 amide bonds. The lowest BCUT2D eigenvalue weighted by molar-refractivity contribution is -0.137. The molecule has 0 fully saturated rings. The normalized spacial score (nSPS) is 14.2. The Bertz CT molecular complexity index is 704. The van der Waals surface area contributed by atoms with Gasteiger partial charge in [0.1, 0.15) is 5.75 Å². The highest BCUT2D eigenvalue weighted by atomic mass is 35.5. The maximum atomic E-state index is 12.6. The van der Waals surface area contributed by atoms with Crippen LogP contribution in [0.5, 0.6) is 5.75 Å². The van der Waals surface area contributed by atoms with Crippen LogP contribution in [0, 0.1) is 0 Å². The number of hydrogen-bond donors (Lipinski definition) is 1. The van der Waals surface area contributed by atoms with E-state index in [-0.39, 0.29) is 5.69 Å². The van der Waals surface area contributed by atoms with Gasteiger partial charge in [0, 0.05) is 17.4 Å². The number of rotatable bonds is 4. The second kappa shape index (κ2) is 6.23. The van der Waals surface area contributed by atoms with Crippen LogP contribution < -0.4 is 9.61 Å². The number of benzene rings is 2. The van der Waals surface area contributed by atoms with Crippen LogP contribution >= 0.6 is 19.1 Å². The molecule has 0 aromatic heterocycles. The summed E-state index contributed by atoms with van der Waals surface area (Å²) in [6, 6.07) is 10.6. The van der Waals surface area contributed by atoms with E-state index >= 15 is 0 Å². The summed E-state index contributed by atoms with van der Waals surface area (Å²) in [5, 5.41) is 2.98. The summed E-state index contributed by atoms with van der Waals surface area (Å²) < 4.78 is 55.6. The van der Waals surface area contributed by atoms with Crippen LogP contribution in [0.25, 0.3) is 0 Å². The molecule has 1 atom stereocenters. The van der Waals surface area contributed by atoms with E-state index in [1.165, 1.54) is 30.9 Å². The van der Waals surface area contributed by atoms with Gasteiger partial charge in [-0.3, -0.25) is 4.57 Å². The Balaban J connectivity index is 2.15. The summed E-state index contributed by atoms with van der Waals surface area (Å²) in [5.41, 5.74) is -0.765. The summed E-state index contributed by atoms with van der Waals surface area (Å²) in [7, 11) is -3.38. The quantitative estimate of drug-likeness (QED) is 0.722. The topological polar surface area (TPSA) is 38.3 Å². The molecular weight excluding hydrogens is 338 g/mol. The summed E-state index contributed by atoms with van der Waals surface area (Å²) in [6.45, 7) is 1.28. The van der Waals surface area contributed by atoms with Gasteiger partial charge in [0.2, 0.25) is 0 Å². The van der Waals surface area contributed by atoms with E-state index in [1.54, 1.807) is 12.1 Å². The lowest BCUT2D eigenvalue weighted by Gasteiger charge is -2.18. The zero-order valence-electron chi connectivity index (χ0n) is 11.4. The minimum atomic E-state index is -4.47. The van der Waals surface area contributed by atoms with Crippen LogP contribution in [0.2, 0.25) is 5.02 Å². The fraction of sp³-hybridized carbons (Fsp3) is 0.143. The highest BCUT2D eigenvalue weighted by Crippen LogP contribution is 2.44. The lowest BCUT2D eigenvalue weighted by Crippen LogP contribution is -2.07. The van der Waals surface area contributed by atoms with Crippen molar-refractivity contribution in [2.24, 2.45) is 0 Å². The molecule has 0 heterocycles. The summed E-state index contributed by atoms with van der Waals surface area (Å²) in [5.74, 6) is 0.301. The maximum Gasteiger partial charge on any atom is 0.416 e. The molecular formula is C14H12ClF3NO2P. The Morgan fingerprint density at radius 2 is 1.77 bits per heavy atom. The zero-order valence-corrected chi connectivity index (χ0v) is 13.0. The number of anilines is 1. The Labute approximate surface area is 130 Å². The molecule has 118 valence electrons. The average Bonchev–Trinajstić information content (AvgIpc) is 2.40. The third-order valence-electron chi connectivity index (χ3n) is 2.62. The molecule has 1 N–H and O–H groups in total. The van der Waals surface area contributed by atoms with Gasteiger partial charge in [-0.15, -0.1) is 0 Å². The second-order valence-corrected chi connectivity index (χ2v) is 7.12. The van der Waals surface area contributed by atoms with Crippen molar-refractivity contribution in [1.82, 2.24) is 0 Å². The third-order valence-corrected chi connectivity index (χ3v) is 4.09. The van der Waals surface area contributed by atoms with E-state index in [0.29, 0.717) is 10.8 Å². The minimum Gasteiger partial charge on any atom is -0.429 e. The van der Waals surface area contributed by atoms with Gasteiger partial charge in [0.25, 0.3) is 0 Å². The van der Waals surface area contributed by atoms with Crippen molar-refractivity contribution >= 4 is 24.8 Å². The Morgan fingerprint density at radius 3 is 2.36 bits per heavy atom. The molecule has 0 saturated carbocycles. The number of hydrogen-bond acceptors (Lipinski definition) is 2. The SMILES string of the molecule is CP(=O)(Nc1cccc(C(F)(F)F)c1)Oc1ccc(Cl)cc1. The smallest absolute Gasteiger partial charge is 0.416 e. The molecule has 1 unspecified atom stereocenters. The molecule has 0 bridgehead atoms. The van der Waals surface area contributed by atoms with Gasteiger partial charge in [-0.2, -0.15) is 13.2 Å². The first-order valence-electron chi connectivity index (χ1n) is 6.14. The largest absolute Gasteiger partial charge is 0.429 e. The van der Waals surface area contributed by atoms with Gasteiger partial charge in [-0.1, -0.05) is 17.7 Å². The van der Waals surface area contributed by atoms with Gasteiger partial charge < -0.3 is 9.61 Å². The molecule has 2 aromatic carbocycles. The fourth-order valence-electron chi connectivity index (χ4n) is 1.72. The van der Waals surface area contributed by atoms with Gasteiger partial charge in [0.05, 0.1) is 5.56 Å². The van der Waals surface area contributed by atoms with Crippen molar-refractivity contribution < 1.29 is 22.3 Å². The molecule has 3 nitrogen and oxygen atoms in total.